The summed E-state index contributed by atoms with van der Waals surface area (Å²) in [4.78, 5) is 14.6. The standard InChI is InChI=1S/C26H27FN2O4/c1-3-29(4-2)15-20-13-18(19-10-12-24-25(14-19)33-17-32-24)9-11-23(20)31-16-26(30)28-22-8-6-5-7-21(22)27/h5-14H,3-4,15-17H2,1-2H3,(H,28,30). The lowest BCUT2D eigenvalue weighted by atomic mass is 10.0. The van der Waals surface area contributed by atoms with Crippen molar-refractivity contribution in [3.8, 4) is 28.4 Å². The Bertz CT molecular complexity index is 1130. The summed E-state index contributed by atoms with van der Waals surface area (Å²) < 4.78 is 30.6. The van der Waals surface area contributed by atoms with Crippen molar-refractivity contribution in [1.82, 2.24) is 4.90 Å². The summed E-state index contributed by atoms with van der Waals surface area (Å²) in [5.41, 5.74) is 3.11. The zero-order valence-corrected chi connectivity index (χ0v) is 18.8. The SMILES string of the molecule is CCN(CC)Cc1cc(-c2ccc3c(c2)OCO3)ccc1OCC(=O)Nc1ccccc1F. The normalized spacial score (nSPS) is 12.1. The van der Waals surface area contributed by atoms with Crippen LogP contribution in [0.5, 0.6) is 17.2 Å². The first kappa shape index (κ1) is 22.6. The van der Waals surface area contributed by atoms with E-state index in [1.54, 1.807) is 12.1 Å². The molecule has 0 spiro atoms. The van der Waals surface area contributed by atoms with Gasteiger partial charge in [-0.3, -0.25) is 9.69 Å². The number of para-hydroxylation sites is 1. The number of rotatable bonds is 9. The molecule has 3 aromatic carbocycles. The number of benzene rings is 3. The van der Waals surface area contributed by atoms with E-state index < -0.39 is 11.7 Å². The van der Waals surface area contributed by atoms with Crippen LogP contribution < -0.4 is 19.5 Å². The van der Waals surface area contributed by atoms with Gasteiger partial charge >= 0.3 is 0 Å². The van der Waals surface area contributed by atoms with Crippen LogP contribution in [0.15, 0.2) is 60.7 Å². The van der Waals surface area contributed by atoms with Crippen LogP contribution in [0.1, 0.15) is 19.4 Å². The largest absolute Gasteiger partial charge is 0.483 e. The lowest BCUT2D eigenvalue weighted by Crippen LogP contribution is -2.24. The fourth-order valence-corrected chi connectivity index (χ4v) is 3.68. The number of fused-ring (bicyclic) bond motifs is 1. The smallest absolute Gasteiger partial charge is 0.262 e. The lowest BCUT2D eigenvalue weighted by Gasteiger charge is -2.21. The second-order valence-corrected chi connectivity index (χ2v) is 7.67. The maximum atomic E-state index is 13.8. The molecule has 172 valence electrons. The number of carbonyl (C=O) groups excluding carboxylic acids is 1. The highest BCUT2D eigenvalue weighted by Gasteiger charge is 2.16. The van der Waals surface area contributed by atoms with E-state index in [2.05, 4.69) is 30.1 Å². The van der Waals surface area contributed by atoms with E-state index in [1.807, 2.05) is 30.3 Å². The Morgan fingerprint density at radius 1 is 1.00 bits per heavy atom. The van der Waals surface area contributed by atoms with Crippen LogP contribution in [0.2, 0.25) is 0 Å². The molecule has 0 atom stereocenters. The molecule has 1 aliphatic heterocycles. The monoisotopic (exact) mass is 450 g/mol. The van der Waals surface area contributed by atoms with Crippen molar-refractivity contribution in [2.75, 3.05) is 31.8 Å². The average molecular weight is 451 g/mol. The van der Waals surface area contributed by atoms with Crippen molar-refractivity contribution < 1.29 is 23.4 Å². The van der Waals surface area contributed by atoms with Crippen molar-refractivity contribution in [3.05, 3.63) is 72.0 Å². The predicted molar refractivity (Wildman–Crippen MR) is 125 cm³/mol. The van der Waals surface area contributed by atoms with Gasteiger partial charge in [-0.25, -0.2) is 4.39 Å². The summed E-state index contributed by atoms with van der Waals surface area (Å²) >= 11 is 0. The minimum absolute atomic E-state index is 0.132. The quantitative estimate of drug-likeness (QED) is 0.493. The molecule has 1 aliphatic rings. The Hall–Kier alpha value is -3.58. The number of hydrogen-bond acceptors (Lipinski definition) is 5. The van der Waals surface area contributed by atoms with Crippen LogP contribution in [-0.2, 0) is 11.3 Å². The molecule has 0 saturated carbocycles. The summed E-state index contributed by atoms with van der Waals surface area (Å²) in [6.07, 6.45) is 0. The van der Waals surface area contributed by atoms with E-state index in [4.69, 9.17) is 14.2 Å². The fourth-order valence-electron chi connectivity index (χ4n) is 3.68. The van der Waals surface area contributed by atoms with Crippen LogP contribution in [0.4, 0.5) is 10.1 Å². The summed E-state index contributed by atoms with van der Waals surface area (Å²) in [7, 11) is 0. The highest BCUT2D eigenvalue weighted by Crippen LogP contribution is 2.37. The van der Waals surface area contributed by atoms with Crippen LogP contribution >= 0.6 is 0 Å². The Morgan fingerprint density at radius 3 is 2.52 bits per heavy atom. The minimum atomic E-state index is -0.485. The molecule has 33 heavy (non-hydrogen) atoms. The van der Waals surface area contributed by atoms with Crippen LogP contribution in [0, 0.1) is 5.82 Å². The van der Waals surface area contributed by atoms with Gasteiger partial charge in [-0.05, 0) is 60.6 Å². The lowest BCUT2D eigenvalue weighted by molar-refractivity contribution is -0.118. The number of hydrogen-bond donors (Lipinski definition) is 1. The summed E-state index contributed by atoms with van der Waals surface area (Å²) in [5, 5.41) is 2.55. The number of anilines is 1. The number of amides is 1. The number of nitrogens with one attached hydrogen (secondary N) is 1. The topological polar surface area (TPSA) is 60.0 Å². The van der Waals surface area contributed by atoms with Gasteiger partial charge < -0.3 is 19.5 Å². The van der Waals surface area contributed by atoms with Gasteiger partial charge in [0, 0.05) is 12.1 Å². The molecule has 7 heteroatoms. The molecule has 0 fully saturated rings. The number of carbonyl (C=O) groups is 1. The van der Waals surface area contributed by atoms with Crippen molar-refractivity contribution in [2.24, 2.45) is 0 Å². The van der Waals surface area contributed by atoms with Gasteiger partial charge in [-0.15, -0.1) is 0 Å². The zero-order chi connectivity index (χ0) is 23.2. The molecule has 0 aliphatic carbocycles. The summed E-state index contributed by atoms with van der Waals surface area (Å²) in [6, 6.07) is 17.8. The molecule has 1 N–H and O–H groups in total. The van der Waals surface area contributed by atoms with Crippen molar-refractivity contribution in [1.29, 1.82) is 0 Å². The molecule has 6 nitrogen and oxygen atoms in total. The van der Waals surface area contributed by atoms with Crippen molar-refractivity contribution in [2.45, 2.75) is 20.4 Å². The van der Waals surface area contributed by atoms with E-state index in [9.17, 15) is 9.18 Å². The highest BCUT2D eigenvalue weighted by atomic mass is 19.1. The molecule has 0 aromatic heterocycles. The number of nitrogens with zero attached hydrogens (tertiary/aromatic N) is 1. The molecule has 1 amide bonds. The highest BCUT2D eigenvalue weighted by molar-refractivity contribution is 5.92. The van der Waals surface area contributed by atoms with E-state index in [-0.39, 0.29) is 19.1 Å². The third-order valence-corrected chi connectivity index (χ3v) is 5.56. The van der Waals surface area contributed by atoms with Crippen LogP contribution in [0.3, 0.4) is 0 Å². The van der Waals surface area contributed by atoms with Crippen molar-refractivity contribution >= 4 is 11.6 Å². The van der Waals surface area contributed by atoms with Gasteiger partial charge in [-0.2, -0.15) is 0 Å². The first-order valence-electron chi connectivity index (χ1n) is 11.0. The minimum Gasteiger partial charge on any atom is -0.483 e. The molecule has 3 aromatic rings. The number of halogens is 1. The van der Waals surface area contributed by atoms with E-state index in [0.29, 0.717) is 12.3 Å². The molecule has 4 rings (SSSR count). The molecule has 0 saturated heterocycles. The summed E-state index contributed by atoms with van der Waals surface area (Å²) in [5.74, 6) is 1.18. The molecular weight excluding hydrogens is 423 g/mol. The first-order chi connectivity index (χ1) is 16.1. The Morgan fingerprint density at radius 2 is 1.73 bits per heavy atom. The maximum Gasteiger partial charge on any atom is 0.262 e. The molecule has 0 bridgehead atoms. The molecule has 1 heterocycles. The third-order valence-electron chi connectivity index (χ3n) is 5.56. The fraction of sp³-hybridized carbons (Fsp3) is 0.269. The third kappa shape index (κ3) is 5.43. The predicted octanol–water partition coefficient (Wildman–Crippen LogP) is 5.08. The Kier molecular flexibility index (Phi) is 7.10. The van der Waals surface area contributed by atoms with Gasteiger partial charge in [-0.1, -0.05) is 38.1 Å². The second kappa shape index (κ2) is 10.4. The van der Waals surface area contributed by atoms with Crippen LogP contribution in [-0.4, -0.2) is 37.3 Å². The Balaban J connectivity index is 1.53. The Labute approximate surface area is 192 Å². The van der Waals surface area contributed by atoms with E-state index >= 15 is 0 Å². The van der Waals surface area contributed by atoms with Gasteiger partial charge in [0.1, 0.15) is 11.6 Å². The van der Waals surface area contributed by atoms with Crippen LogP contribution in [0.25, 0.3) is 11.1 Å². The summed E-state index contributed by atoms with van der Waals surface area (Å²) in [6.45, 7) is 6.67. The number of ether oxygens (including phenoxy) is 3. The molecule has 0 unspecified atom stereocenters. The van der Waals surface area contributed by atoms with Gasteiger partial charge in [0.25, 0.3) is 5.91 Å². The maximum absolute atomic E-state index is 13.8. The second-order valence-electron chi connectivity index (χ2n) is 7.67. The van der Waals surface area contributed by atoms with Gasteiger partial charge in [0.15, 0.2) is 18.1 Å². The zero-order valence-electron chi connectivity index (χ0n) is 18.8. The van der Waals surface area contributed by atoms with Crippen molar-refractivity contribution in [3.63, 3.8) is 0 Å². The molecule has 0 radical (unpaired) electrons. The average Bonchev–Trinajstić information content (AvgIpc) is 3.31. The first-order valence-corrected chi connectivity index (χ1v) is 11.0. The van der Waals surface area contributed by atoms with E-state index in [1.165, 1.54) is 12.1 Å². The van der Waals surface area contributed by atoms with Gasteiger partial charge in [0.2, 0.25) is 6.79 Å². The van der Waals surface area contributed by atoms with E-state index in [0.717, 1.165) is 41.3 Å². The van der Waals surface area contributed by atoms with Gasteiger partial charge in [0.05, 0.1) is 5.69 Å². The molecular formula is C26H27FN2O4.